The van der Waals surface area contributed by atoms with Crippen LogP contribution in [0.15, 0.2) is 158 Å². The summed E-state index contributed by atoms with van der Waals surface area (Å²) in [5.74, 6) is 0. The van der Waals surface area contributed by atoms with Gasteiger partial charge < -0.3 is 9.13 Å². The highest BCUT2D eigenvalue weighted by molar-refractivity contribution is 6.13. The van der Waals surface area contributed by atoms with Crippen LogP contribution in [0.1, 0.15) is 16.7 Å². The maximum Gasteiger partial charge on any atom is 0.189 e. The first kappa shape index (κ1) is 35.2. The Morgan fingerprint density at radius 1 is 0.417 bits per heavy atom. The Hall–Kier alpha value is -9.26. The second-order valence-corrected chi connectivity index (χ2v) is 14.4. The minimum absolute atomic E-state index is 0.384. The van der Waals surface area contributed by atoms with Crippen molar-refractivity contribution in [3.05, 3.63) is 198 Å². The van der Waals surface area contributed by atoms with Crippen molar-refractivity contribution in [2.45, 2.75) is 0 Å². The molecule has 60 heavy (non-hydrogen) atoms. The topological polar surface area (TPSA) is 103 Å². The van der Waals surface area contributed by atoms with E-state index in [4.69, 9.17) is 13.1 Å². The molecule has 10 aromatic rings. The van der Waals surface area contributed by atoms with Crippen LogP contribution in [-0.2, 0) is 0 Å². The van der Waals surface area contributed by atoms with Crippen molar-refractivity contribution in [1.29, 1.82) is 15.8 Å². The molecule has 0 amide bonds. The predicted octanol–water partition coefficient (Wildman–Crippen LogP) is 13.0. The maximum absolute atomic E-state index is 10.8. The van der Waals surface area contributed by atoms with Gasteiger partial charge in [0.25, 0.3) is 0 Å². The van der Waals surface area contributed by atoms with E-state index in [1.54, 1.807) is 48.8 Å². The molecule has 0 saturated carbocycles. The number of hydrogen-bond acceptors (Lipinski definition) is 4. The van der Waals surface area contributed by atoms with E-state index in [-0.39, 0.29) is 0 Å². The monoisotopic (exact) mass is 762 g/mol. The Morgan fingerprint density at radius 3 is 1.30 bits per heavy atom. The molecular weight excluding hydrogens is 737 g/mol. The summed E-state index contributed by atoms with van der Waals surface area (Å²) in [6.07, 6.45) is 3.53. The number of nitriles is 3. The van der Waals surface area contributed by atoms with E-state index in [2.05, 4.69) is 90.5 Å². The predicted molar refractivity (Wildman–Crippen MR) is 236 cm³/mol. The lowest BCUT2D eigenvalue weighted by atomic mass is 9.98. The average Bonchev–Trinajstić information content (AvgIpc) is 3.82. The van der Waals surface area contributed by atoms with Gasteiger partial charge in [-0.15, -0.1) is 0 Å². The summed E-state index contributed by atoms with van der Waals surface area (Å²) in [5.41, 5.74) is 12.2. The van der Waals surface area contributed by atoms with Gasteiger partial charge in [0.05, 0.1) is 70.4 Å². The van der Waals surface area contributed by atoms with Crippen LogP contribution in [0.5, 0.6) is 0 Å². The molecule has 0 N–H and O–H groups in total. The number of nitrogens with zero attached hydrogens (tertiary/aromatic N) is 8. The van der Waals surface area contributed by atoms with Gasteiger partial charge in [-0.3, -0.25) is 4.98 Å². The van der Waals surface area contributed by atoms with Gasteiger partial charge in [0, 0.05) is 50.6 Å². The molecule has 0 saturated heterocycles. The molecule has 0 radical (unpaired) electrons. The smallest absolute Gasteiger partial charge is 0.189 e. The molecule has 0 atom stereocenters. The molecule has 8 nitrogen and oxygen atoms in total. The maximum atomic E-state index is 10.8. The first-order chi connectivity index (χ1) is 29.5. The molecule has 7 aromatic carbocycles. The normalized spacial score (nSPS) is 10.9. The third-order valence-corrected chi connectivity index (χ3v) is 11.0. The molecule has 0 aliphatic heterocycles. The van der Waals surface area contributed by atoms with Gasteiger partial charge in [-0.05, 0) is 113 Å². The highest BCUT2D eigenvalue weighted by Crippen LogP contribution is 2.44. The summed E-state index contributed by atoms with van der Waals surface area (Å²) in [7, 11) is 0. The molecule has 8 heteroatoms. The fourth-order valence-corrected chi connectivity index (χ4v) is 8.48. The van der Waals surface area contributed by atoms with Crippen molar-refractivity contribution < 1.29 is 0 Å². The van der Waals surface area contributed by atoms with E-state index < -0.39 is 0 Å². The number of fused-ring (bicyclic) bond motifs is 6. The molecule has 274 valence electrons. The first-order valence-electron chi connectivity index (χ1n) is 18.9. The highest BCUT2D eigenvalue weighted by atomic mass is 15.0. The molecule has 10 rings (SSSR count). The van der Waals surface area contributed by atoms with Crippen LogP contribution < -0.4 is 0 Å². The summed E-state index contributed by atoms with van der Waals surface area (Å²) in [4.78, 5) is 11.7. The number of para-hydroxylation sites is 2. The number of aromatic nitrogens is 3. The largest absolute Gasteiger partial charge is 0.308 e. The minimum Gasteiger partial charge on any atom is -0.308 e. The average molecular weight is 763 g/mol. The van der Waals surface area contributed by atoms with E-state index in [0.29, 0.717) is 28.1 Å². The standard InChI is InChI=1S/C52H26N8/c1-56-40-21-32(29-53)19-38(25-40)36-11-13-44-42-7-3-5-9-46(42)59(48(44)27-36)50-23-34(31-55)24-51(52(50)35-15-17-58-18-16-35)60-47-10-6-4-8-43(47)45-14-12-37(28-49(45)60)39-20-33(30-54)22-41(26-39)57-2/h3-28H. The van der Waals surface area contributed by atoms with Crippen LogP contribution in [-0.4, -0.2) is 14.1 Å². The van der Waals surface area contributed by atoms with Crippen molar-refractivity contribution in [2.75, 3.05) is 0 Å². The van der Waals surface area contributed by atoms with Crippen LogP contribution in [0.2, 0.25) is 0 Å². The van der Waals surface area contributed by atoms with E-state index >= 15 is 0 Å². The van der Waals surface area contributed by atoms with E-state index in [1.165, 1.54) is 0 Å². The molecule has 0 fully saturated rings. The summed E-state index contributed by atoms with van der Waals surface area (Å²) in [5, 5.41) is 34.5. The molecule has 3 heterocycles. The zero-order valence-electron chi connectivity index (χ0n) is 31.6. The third kappa shape index (κ3) is 5.61. The molecular formula is C52H26N8. The van der Waals surface area contributed by atoms with Gasteiger partial charge in [0.15, 0.2) is 11.4 Å². The van der Waals surface area contributed by atoms with E-state index in [9.17, 15) is 15.8 Å². The van der Waals surface area contributed by atoms with Crippen LogP contribution >= 0.6 is 0 Å². The van der Waals surface area contributed by atoms with Gasteiger partial charge in [-0.2, -0.15) is 15.8 Å². The summed E-state index contributed by atoms with van der Waals surface area (Å²) in [6.45, 7) is 15.4. The quantitative estimate of drug-likeness (QED) is 0.163. The van der Waals surface area contributed by atoms with Gasteiger partial charge in [0.2, 0.25) is 0 Å². The highest BCUT2D eigenvalue weighted by Gasteiger charge is 2.24. The fourth-order valence-electron chi connectivity index (χ4n) is 8.48. The zero-order chi connectivity index (χ0) is 40.9. The number of rotatable bonds is 5. The Balaban J connectivity index is 1.33. The minimum atomic E-state index is 0.384. The van der Waals surface area contributed by atoms with Crippen molar-refractivity contribution >= 4 is 55.0 Å². The van der Waals surface area contributed by atoms with Crippen molar-refractivity contribution in [1.82, 2.24) is 14.1 Å². The lowest BCUT2D eigenvalue weighted by molar-refractivity contribution is 1.13. The van der Waals surface area contributed by atoms with Crippen LogP contribution in [0, 0.1) is 47.1 Å². The SMILES string of the molecule is [C-]#[N+]c1cc(C#N)cc(-c2ccc3c4ccccc4n(-c4cc(C#N)cc(-n5c6ccccc6c6ccc(-c7cc(C#N)cc([N+]#[C-])c7)cc65)c4-c4ccncc4)c3c2)c1. The Kier molecular flexibility index (Phi) is 8.23. The number of pyridine rings is 1. The summed E-state index contributed by atoms with van der Waals surface area (Å²) < 4.78 is 4.41. The third-order valence-electron chi connectivity index (χ3n) is 11.0. The summed E-state index contributed by atoms with van der Waals surface area (Å²) in [6, 6.07) is 53.9. The number of hydrogen-bond donors (Lipinski definition) is 0. The molecule has 0 spiro atoms. The molecule has 0 bridgehead atoms. The van der Waals surface area contributed by atoms with Crippen LogP contribution in [0.4, 0.5) is 11.4 Å². The van der Waals surface area contributed by atoms with E-state index in [0.717, 1.165) is 88.4 Å². The van der Waals surface area contributed by atoms with Crippen LogP contribution in [0.25, 0.3) is 98.1 Å². The Labute approximate surface area is 344 Å². The van der Waals surface area contributed by atoms with E-state index in [1.807, 2.05) is 60.7 Å². The van der Waals surface area contributed by atoms with Crippen molar-refractivity contribution in [3.8, 4) is 63.0 Å². The lowest BCUT2D eigenvalue weighted by Gasteiger charge is -2.21. The Bertz CT molecular complexity index is 3390. The number of benzene rings is 7. The molecule has 3 aromatic heterocycles. The van der Waals surface area contributed by atoms with Crippen molar-refractivity contribution in [3.63, 3.8) is 0 Å². The molecule has 0 aliphatic rings. The zero-order valence-corrected chi connectivity index (χ0v) is 31.6. The van der Waals surface area contributed by atoms with Gasteiger partial charge >= 0.3 is 0 Å². The molecule has 0 unspecified atom stereocenters. The fraction of sp³-hybridized carbons (Fsp3) is 0. The first-order valence-corrected chi connectivity index (χ1v) is 18.9. The molecule has 0 aliphatic carbocycles. The summed E-state index contributed by atoms with van der Waals surface area (Å²) >= 11 is 0. The second-order valence-electron chi connectivity index (χ2n) is 14.4. The second kappa shape index (κ2) is 14.0. The lowest BCUT2D eigenvalue weighted by Crippen LogP contribution is -2.05. The van der Waals surface area contributed by atoms with Gasteiger partial charge in [0.1, 0.15) is 0 Å². The van der Waals surface area contributed by atoms with Crippen molar-refractivity contribution in [2.24, 2.45) is 0 Å². The Morgan fingerprint density at radius 2 is 0.850 bits per heavy atom. The van der Waals surface area contributed by atoms with Gasteiger partial charge in [-0.1, -0.05) is 60.7 Å². The van der Waals surface area contributed by atoms with Crippen LogP contribution in [0.3, 0.4) is 0 Å². The van der Waals surface area contributed by atoms with Gasteiger partial charge in [-0.25, -0.2) is 9.69 Å².